The zero-order valence-electron chi connectivity index (χ0n) is 13.1. The minimum absolute atomic E-state index is 0.0360. The number of carbonyl (C=O) groups is 1. The Kier molecular flexibility index (Phi) is 5.90. The summed E-state index contributed by atoms with van der Waals surface area (Å²) in [7, 11) is 0. The summed E-state index contributed by atoms with van der Waals surface area (Å²) in [6.45, 7) is 7.10. The van der Waals surface area contributed by atoms with E-state index in [-0.39, 0.29) is 6.03 Å². The number of aryl methyl sites for hydroxylation is 1. The van der Waals surface area contributed by atoms with Crippen LogP contribution in [0.2, 0.25) is 0 Å². The van der Waals surface area contributed by atoms with Gasteiger partial charge in [0.2, 0.25) is 0 Å². The van der Waals surface area contributed by atoms with Crippen molar-refractivity contribution in [3.63, 3.8) is 0 Å². The number of hydrogen-bond donors (Lipinski definition) is 1. The molecule has 1 atom stereocenters. The first-order valence-corrected chi connectivity index (χ1v) is 7.94. The average molecular weight is 290 g/mol. The first-order chi connectivity index (χ1) is 10.2. The number of carbonyl (C=O) groups excluding carboxylic acids is 1. The molecule has 1 fully saturated rings. The second-order valence-electron chi connectivity index (χ2n) is 5.74. The lowest BCUT2D eigenvalue weighted by atomic mass is 10.0. The molecular formula is C17H26N2O2. The summed E-state index contributed by atoms with van der Waals surface area (Å²) in [4.78, 5) is 13.9. The predicted molar refractivity (Wildman–Crippen MR) is 84.7 cm³/mol. The van der Waals surface area contributed by atoms with Crippen LogP contribution < -0.4 is 10.1 Å². The van der Waals surface area contributed by atoms with E-state index in [2.05, 4.69) is 25.2 Å². The summed E-state index contributed by atoms with van der Waals surface area (Å²) in [5.74, 6) is 1.53. The molecule has 0 spiro atoms. The zero-order valence-corrected chi connectivity index (χ0v) is 13.1. The van der Waals surface area contributed by atoms with E-state index in [1.807, 2.05) is 23.1 Å². The fourth-order valence-electron chi connectivity index (χ4n) is 2.74. The molecule has 1 aliphatic rings. The Balaban J connectivity index is 1.70. The number of piperidine rings is 1. The number of nitrogens with zero attached hydrogens (tertiary/aromatic N) is 1. The molecule has 4 nitrogen and oxygen atoms in total. The number of rotatable bonds is 5. The van der Waals surface area contributed by atoms with Crippen LogP contribution in [0.4, 0.5) is 4.79 Å². The molecule has 1 aromatic rings. The third kappa shape index (κ3) is 4.66. The summed E-state index contributed by atoms with van der Waals surface area (Å²) < 4.78 is 5.75. The molecule has 1 aliphatic heterocycles. The maximum Gasteiger partial charge on any atom is 0.317 e. The molecule has 2 amide bonds. The lowest BCUT2D eigenvalue weighted by molar-refractivity contribution is 0.167. The molecule has 116 valence electrons. The maximum atomic E-state index is 12.0. The third-order valence-electron chi connectivity index (χ3n) is 3.93. The lowest BCUT2D eigenvalue weighted by Crippen LogP contribution is -2.45. The average Bonchev–Trinajstić information content (AvgIpc) is 2.51. The highest BCUT2D eigenvalue weighted by atomic mass is 16.5. The van der Waals surface area contributed by atoms with Crippen LogP contribution >= 0.6 is 0 Å². The Labute approximate surface area is 127 Å². The van der Waals surface area contributed by atoms with Crippen molar-refractivity contribution in [2.75, 3.05) is 26.2 Å². The minimum atomic E-state index is 0.0360. The van der Waals surface area contributed by atoms with Gasteiger partial charge in [0, 0.05) is 13.1 Å². The normalized spacial score (nSPS) is 18.4. The fourth-order valence-corrected chi connectivity index (χ4v) is 2.74. The first-order valence-electron chi connectivity index (χ1n) is 7.94. The van der Waals surface area contributed by atoms with Crippen LogP contribution in [-0.4, -0.2) is 37.2 Å². The number of benzene rings is 1. The maximum absolute atomic E-state index is 12.0. The van der Waals surface area contributed by atoms with Gasteiger partial charge >= 0.3 is 6.03 Å². The van der Waals surface area contributed by atoms with Crippen molar-refractivity contribution in [2.45, 2.75) is 33.1 Å². The number of para-hydroxylation sites is 1. The molecule has 1 unspecified atom stereocenters. The van der Waals surface area contributed by atoms with Crippen molar-refractivity contribution in [1.82, 2.24) is 10.2 Å². The van der Waals surface area contributed by atoms with Gasteiger partial charge in [-0.15, -0.1) is 0 Å². The summed E-state index contributed by atoms with van der Waals surface area (Å²) in [5.41, 5.74) is 1.20. The van der Waals surface area contributed by atoms with Crippen LogP contribution in [0.25, 0.3) is 0 Å². The second-order valence-corrected chi connectivity index (χ2v) is 5.74. The van der Waals surface area contributed by atoms with E-state index in [0.29, 0.717) is 19.1 Å². The molecule has 1 aromatic carbocycles. The molecule has 0 saturated carbocycles. The molecule has 0 radical (unpaired) electrons. The SMILES string of the molecule is CCc1ccccc1OCCNC(=O)N1CCCC(C)C1. The predicted octanol–water partition coefficient (Wildman–Crippen LogP) is 3.07. The smallest absolute Gasteiger partial charge is 0.317 e. The number of ether oxygens (including phenoxy) is 1. The van der Waals surface area contributed by atoms with Crippen LogP contribution in [0.15, 0.2) is 24.3 Å². The first kappa shape index (κ1) is 15.7. The van der Waals surface area contributed by atoms with Crippen LogP contribution in [0.3, 0.4) is 0 Å². The van der Waals surface area contributed by atoms with E-state index in [4.69, 9.17) is 4.74 Å². The van der Waals surface area contributed by atoms with E-state index in [0.717, 1.165) is 31.7 Å². The number of likely N-dealkylation sites (tertiary alicyclic amines) is 1. The Morgan fingerprint density at radius 3 is 3.00 bits per heavy atom. The van der Waals surface area contributed by atoms with Crippen molar-refractivity contribution in [1.29, 1.82) is 0 Å². The quantitative estimate of drug-likeness (QED) is 0.847. The van der Waals surface area contributed by atoms with Gasteiger partial charge in [0.25, 0.3) is 0 Å². The van der Waals surface area contributed by atoms with Crippen LogP contribution in [0.5, 0.6) is 5.75 Å². The van der Waals surface area contributed by atoms with Gasteiger partial charge in [-0.05, 0) is 36.8 Å². The zero-order chi connectivity index (χ0) is 15.1. The molecule has 0 bridgehead atoms. The van der Waals surface area contributed by atoms with Gasteiger partial charge in [0.1, 0.15) is 12.4 Å². The topological polar surface area (TPSA) is 41.6 Å². The molecule has 4 heteroatoms. The standard InChI is InChI=1S/C17H26N2O2/c1-3-15-8-4-5-9-16(15)21-12-10-18-17(20)19-11-6-7-14(2)13-19/h4-5,8-9,14H,3,6-7,10-13H2,1-2H3,(H,18,20). The Morgan fingerprint density at radius 1 is 1.43 bits per heavy atom. The second kappa shape index (κ2) is 7.91. The monoisotopic (exact) mass is 290 g/mol. The lowest BCUT2D eigenvalue weighted by Gasteiger charge is -2.30. The third-order valence-corrected chi connectivity index (χ3v) is 3.93. The van der Waals surface area contributed by atoms with Gasteiger partial charge in [0.15, 0.2) is 0 Å². The van der Waals surface area contributed by atoms with E-state index in [1.165, 1.54) is 12.0 Å². The van der Waals surface area contributed by atoms with Crippen molar-refractivity contribution in [3.05, 3.63) is 29.8 Å². The van der Waals surface area contributed by atoms with Crippen molar-refractivity contribution in [3.8, 4) is 5.75 Å². The summed E-state index contributed by atoms with van der Waals surface area (Å²) in [5, 5.41) is 2.94. The van der Waals surface area contributed by atoms with Crippen LogP contribution in [-0.2, 0) is 6.42 Å². The molecule has 1 heterocycles. The van der Waals surface area contributed by atoms with E-state index in [9.17, 15) is 4.79 Å². The van der Waals surface area contributed by atoms with Gasteiger partial charge in [-0.3, -0.25) is 0 Å². The highest BCUT2D eigenvalue weighted by Crippen LogP contribution is 2.18. The van der Waals surface area contributed by atoms with E-state index >= 15 is 0 Å². The van der Waals surface area contributed by atoms with Crippen molar-refractivity contribution >= 4 is 6.03 Å². The number of hydrogen-bond acceptors (Lipinski definition) is 2. The van der Waals surface area contributed by atoms with Gasteiger partial charge in [-0.2, -0.15) is 0 Å². The molecular weight excluding hydrogens is 264 g/mol. The van der Waals surface area contributed by atoms with Crippen molar-refractivity contribution in [2.24, 2.45) is 5.92 Å². The largest absolute Gasteiger partial charge is 0.491 e. The van der Waals surface area contributed by atoms with Gasteiger partial charge in [0.05, 0.1) is 6.54 Å². The number of amides is 2. The van der Waals surface area contributed by atoms with E-state index in [1.54, 1.807) is 0 Å². The van der Waals surface area contributed by atoms with Gasteiger partial charge in [-0.25, -0.2) is 4.79 Å². The van der Waals surface area contributed by atoms with Crippen LogP contribution in [0.1, 0.15) is 32.3 Å². The molecule has 1 saturated heterocycles. The minimum Gasteiger partial charge on any atom is -0.491 e. The van der Waals surface area contributed by atoms with Gasteiger partial charge < -0.3 is 15.0 Å². The Morgan fingerprint density at radius 2 is 2.24 bits per heavy atom. The Bertz CT molecular complexity index is 462. The molecule has 1 N–H and O–H groups in total. The van der Waals surface area contributed by atoms with Crippen LogP contribution in [0, 0.1) is 5.92 Å². The van der Waals surface area contributed by atoms with Gasteiger partial charge in [-0.1, -0.05) is 32.0 Å². The highest BCUT2D eigenvalue weighted by molar-refractivity contribution is 5.74. The van der Waals surface area contributed by atoms with Crippen molar-refractivity contribution < 1.29 is 9.53 Å². The Hall–Kier alpha value is -1.71. The number of urea groups is 1. The molecule has 0 aromatic heterocycles. The summed E-state index contributed by atoms with van der Waals surface area (Å²) >= 11 is 0. The number of nitrogens with one attached hydrogen (secondary N) is 1. The summed E-state index contributed by atoms with van der Waals surface area (Å²) in [6.07, 6.45) is 3.28. The summed E-state index contributed by atoms with van der Waals surface area (Å²) in [6, 6.07) is 8.08. The molecule has 0 aliphatic carbocycles. The highest BCUT2D eigenvalue weighted by Gasteiger charge is 2.20. The molecule has 2 rings (SSSR count). The fraction of sp³-hybridized carbons (Fsp3) is 0.588. The van der Waals surface area contributed by atoms with E-state index < -0.39 is 0 Å². The molecule has 21 heavy (non-hydrogen) atoms.